The number of hydrogen-bond acceptors (Lipinski definition) is 2. The highest BCUT2D eigenvalue weighted by molar-refractivity contribution is 5.77. The molecule has 0 unspecified atom stereocenters. The van der Waals surface area contributed by atoms with Gasteiger partial charge in [0, 0.05) is 13.1 Å². The minimum atomic E-state index is 0.182. The fourth-order valence-electron chi connectivity index (χ4n) is 3.49. The summed E-state index contributed by atoms with van der Waals surface area (Å²) in [7, 11) is 2.07. The van der Waals surface area contributed by atoms with Crippen molar-refractivity contribution in [3.8, 4) is 0 Å². The van der Waals surface area contributed by atoms with E-state index >= 15 is 0 Å². The predicted molar refractivity (Wildman–Crippen MR) is 83.6 cm³/mol. The zero-order valence-electron chi connectivity index (χ0n) is 13.0. The van der Waals surface area contributed by atoms with Gasteiger partial charge in [0.25, 0.3) is 0 Å². The second-order valence-corrected chi connectivity index (χ2v) is 6.56. The van der Waals surface area contributed by atoms with Gasteiger partial charge in [0.2, 0.25) is 5.91 Å². The third-order valence-electron chi connectivity index (χ3n) is 4.61. The van der Waals surface area contributed by atoms with Crippen LogP contribution in [0.3, 0.4) is 0 Å². The van der Waals surface area contributed by atoms with Crippen LogP contribution in [-0.2, 0) is 4.79 Å². The van der Waals surface area contributed by atoms with E-state index in [2.05, 4.69) is 23.3 Å². The minimum Gasteiger partial charge on any atom is -0.355 e. The second-order valence-electron chi connectivity index (χ2n) is 6.56. The Morgan fingerprint density at radius 2 is 2.10 bits per heavy atom. The van der Waals surface area contributed by atoms with Crippen molar-refractivity contribution in [1.82, 2.24) is 10.2 Å². The topological polar surface area (TPSA) is 32.3 Å². The Morgan fingerprint density at radius 1 is 1.30 bits per heavy atom. The molecule has 0 saturated heterocycles. The molecule has 0 spiro atoms. The molecular formula is C17H30N2O. The van der Waals surface area contributed by atoms with Crippen LogP contribution >= 0.6 is 0 Å². The van der Waals surface area contributed by atoms with Crippen LogP contribution in [0.25, 0.3) is 0 Å². The van der Waals surface area contributed by atoms with Crippen molar-refractivity contribution in [1.29, 1.82) is 0 Å². The summed E-state index contributed by atoms with van der Waals surface area (Å²) < 4.78 is 0. The fraction of sp³-hybridized carbons (Fsp3) is 0.824. The van der Waals surface area contributed by atoms with E-state index < -0.39 is 0 Å². The van der Waals surface area contributed by atoms with Gasteiger partial charge in [-0.2, -0.15) is 0 Å². The van der Waals surface area contributed by atoms with Gasteiger partial charge >= 0.3 is 0 Å². The highest BCUT2D eigenvalue weighted by Gasteiger charge is 2.17. The fourth-order valence-corrected chi connectivity index (χ4v) is 3.49. The smallest absolute Gasteiger partial charge is 0.234 e. The van der Waals surface area contributed by atoms with Crippen molar-refractivity contribution in [3.63, 3.8) is 0 Å². The van der Waals surface area contributed by atoms with Crippen LogP contribution in [0.15, 0.2) is 11.6 Å². The number of nitrogens with zero attached hydrogens (tertiary/aromatic N) is 1. The number of nitrogens with one attached hydrogen (secondary N) is 1. The molecule has 0 heterocycles. The lowest BCUT2D eigenvalue weighted by Gasteiger charge is -2.20. The average molecular weight is 278 g/mol. The maximum absolute atomic E-state index is 11.9. The summed E-state index contributed by atoms with van der Waals surface area (Å²) in [5, 5.41) is 3.06. The van der Waals surface area contributed by atoms with E-state index in [9.17, 15) is 4.79 Å². The molecule has 2 aliphatic carbocycles. The number of carbonyl (C=O) groups excluding carboxylic acids is 1. The summed E-state index contributed by atoms with van der Waals surface area (Å²) >= 11 is 0. The summed E-state index contributed by atoms with van der Waals surface area (Å²) in [5.41, 5.74) is 1.54. The van der Waals surface area contributed by atoms with Crippen LogP contribution in [0.4, 0.5) is 0 Å². The van der Waals surface area contributed by atoms with Crippen LogP contribution in [0.1, 0.15) is 57.8 Å². The van der Waals surface area contributed by atoms with E-state index in [1.165, 1.54) is 56.9 Å². The summed E-state index contributed by atoms with van der Waals surface area (Å²) in [6.45, 7) is 2.44. The Labute approximate surface area is 123 Å². The Bertz CT molecular complexity index is 332. The van der Waals surface area contributed by atoms with Gasteiger partial charge in [-0.15, -0.1) is 0 Å². The monoisotopic (exact) mass is 278 g/mol. The molecule has 3 heteroatoms. The summed E-state index contributed by atoms with van der Waals surface area (Å²) in [5.74, 6) is 1.00. The zero-order chi connectivity index (χ0) is 14.2. The molecule has 0 aromatic carbocycles. The van der Waals surface area contributed by atoms with Crippen LogP contribution in [0.5, 0.6) is 0 Å². The maximum atomic E-state index is 11.9. The van der Waals surface area contributed by atoms with Gasteiger partial charge in [0.05, 0.1) is 6.54 Å². The Hall–Kier alpha value is -0.830. The molecule has 1 saturated carbocycles. The first kappa shape index (κ1) is 15.6. The van der Waals surface area contributed by atoms with Crippen LogP contribution in [0, 0.1) is 5.92 Å². The molecule has 1 fully saturated rings. The maximum Gasteiger partial charge on any atom is 0.234 e. The highest BCUT2D eigenvalue weighted by Crippen LogP contribution is 2.25. The average Bonchev–Trinajstić information content (AvgIpc) is 2.92. The Kier molecular flexibility index (Phi) is 6.58. The lowest BCUT2D eigenvalue weighted by atomic mass is 9.97. The molecule has 1 amide bonds. The van der Waals surface area contributed by atoms with Gasteiger partial charge in [-0.05, 0) is 57.9 Å². The van der Waals surface area contributed by atoms with Gasteiger partial charge in [-0.3, -0.25) is 9.69 Å². The SMILES string of the molecule is CN(CC(=O)NCCC1=CCCCC1)CC1CCCC1. The molecule has 1 N–H and O–H groups in total. The van der Waals surface area contributed by atoms with E-state index in [0.29, 0.717) is 6.54 Å². The highest BCUT2D eigenvalue weighted by atomic mass is 16.2. The first-order valence-corrected chi connectivity index (χ1v) is 8.37. The third kappa shape index (κ3) is 5.66. The standard InChI is InChI=1S/C17H30N2O/c1-19(13-16-9-5-6-10-16)14-17(20)18-12-11-15-7-3-2-4-8-15/h7,16H,2-6,8-14H2,1H3,(H,18,20). The largest absolute Gasteiger partial charge is 0.355 e. The molecule has 0 bridgehead atoms. The molecule has 0 aliphatic heterocycles. The number of amides is 1. The second kappa shape index (κ2) is 8.46. The van der Waals surface area contributed by atoms with Crippen molar-refractivity contribution >= 4 is 5.91 Å². The normalized spacial score (nSPS) is 20.2. The lowest BCUT2D eigenvalue weighted by Crippen LogP contribution is -2.37. The van der Waals surface area contributed by atoms with Crippen molar-refractivity contribution in [2.24, 2.45) is 5.92 Å². The predicted octanol–water partition coefficient (Wildman–Crippen LogP) is 3.12. The van der Waals surface area contributed by atoms with Crippen molar-refractivity contribution < 1.29 is 4.79 Å². The van der Waals surface area contributed by atoms with E-state index in [1.807, 2.05) is 0 Å². The molecule has 0 radical (unpaired) electrons. The van der Waals surface area contributed by atoms with E-state index in [0.717, 1.165) is 25.4 Å². The number of allylic oxidation sites excluding steroid dienone is 1. The molecule has 2 rings (SSSR count). The summed E-state index contributed by atoms with van der Waals surface area (Å²) in [4.78, 5) is 14.1. The van der Waals surface area contributed by atoms with Gasteiger partial charge in [-0.25, -0.2) is 0 Å². The Morgan fingerprint density at radius 3 is 2.80 bits per heavy atom. The summed E-state index contributed by atoms with van der Waals surface area (Å²) in [6, 6.07) is 0. The van der Waals surface area contributed by atoms with Crippen molar-refractivity contribution in [3.05, 3.63) is 11.6 Å². The van der Waals surface area contributed by atoms with Gasteiger partial charge in [0.1, 0.15) is 0 Å². The van der Waals surface area contributed by atoms with E-state index in [1.54, 1.807) is 0 Å². The number of rotatable bonds is 7. The molecule has 20 heavy (non-hydrogen) atoms. The molecular weight excluding hydrogens is 248 g/mol. The molecule has 0 aromatic heterocycles. The molecule has 2 aliphatic rings. The number of likely N-dealkylation sites (N-methyl/N-ethyl adjacent to an activating group) is 1. The zero-order valence-corrected chi connectivity index (χ0v) is 13.0. The van der Waals surface area contributed by atoms with Crippen molar-refractivity contribution in [2.45, 2.75) is 57.8 Å². The lowest BCUT2D eigenvalue weighted by molar-refractivity contribution is -0.122. The number of hydrogen-bond donors (Lipinski definition) is 1. The van der Waals surface area contributed by atoms with Crippen LogP contribution in [0.2, 0.25) is 0 Å². The molecule has 114 valence electrons. The van der Waals surface area contributed by atoms with Crippen LogP contribution < -0.4 is 5.32 Å². The van der Waals surface area contributed by atoms with Gasteiger partial charge < -0.3 is 5.32 Å². The van der Waals surface area contributed by atoms with Crippen LogP contribution in [-0.4, -0.2) is 37.5 Å². The third-order valence-corrected chi connectivity index (χ3v) is 4.61. The summed E-state index contributed by atoms with van der Waals surface area (Å²) in [6.07, 6.45) is 14.0. The van der Waals surface area contributed by atoms with E-state index in [-0.39, 0.29) is 5.91 Å². The van der Waals surface area contributed by atoms with E-state index in [4.69, 9.17) is 0 Å². The van der Waals surface area contributed by atoms with Gasteiger partial charge in [-0.1, -0.05) is 24.5 Å². The number of carbonyl (C=O) groups is 1. The van der Waals surface area contributed by atoms with Gasteiger partial charge in [0.15, 0.2) is 0 Å². The molecule has 3 nitrogen and oxygen atoms in total. The Balaban J connectivity index is 1.56. The van der Waals surface area contributed by atoms with Crippen molar-refractivity contribution in [2.75, 3.05) is 26.7 Å². The molecule has 0 atom stereocenters. The molecule has 0 aromatic rings. The first-order valence-electron chi connectivity index (χ1n) is 8.37. The quantitative estimate of drug-likeness (QED) is 0.726. The first-order chi connectivity index (χ1) is 9.74. The minimum absolute atomic E-state index is 0.182.